The minimum absolute atomic E-state index is 0.0458. The molecule has 0 fully saturated rings. The van der Waals surface area contributed by atoms with Crippen molar-refractivity contribution in [3.8, 4) is 0 Å². The highest BCUT2D eigenvalue weighted by atomic mass is 16.3. The molecule has 1 aromatic rings. The number of aromatic nitrogens is 2. The number of fused-ring (bicyclic) bond motifs is 1. The molecule has 6 heteroatoms. The lowest BCUT2D eigenvalue weighted by Gasteiger charge is -2.34. The second-order valence-electron chi connectivity index (χ2n) is 4.57. The maximum Gasteiger partial charge on any atom is 0.239 e. The molecule has 1 aromatic heterocycles. The third-order valence-electron chi connectivity index (χ3n) is 3.05. The molecule has 3 N–H and O–H groups in total. The van der Waals surface area contributed by atoms with Crippen molar-refractivity contribution in [2.24, 2.45) is 5.73 Å². The van der Waals surface area contributed by atoms with Gasteiger partial charge in [0.15, 0.2) is 0 Å². The van der Waals surface area contributed by atoms with Gasteiger partial charge in [-0.1, -0.05) is 0 Å². The van der Waals surface area contributed by atoms with Gasteiger partial charge in [0.1, 0.15) is 0 Å². The van der Waals surface area contributed by atoms with Gasteiger partial charge in [-0.3, -0.25) is 9.48 Å². The summed E-state index contributed by atoms with van der Waals surface area (Å²) in [5.41, 5.74) is 7.21. The fraction of sp³-hybridized carbons (Fsp3) is 0.636. The van der Waals surface area contributed by atoms with Gasteiger partial charge < -0.3 is 15.7 Å². The largest absolute Gasteiger partial charge is 0.390 e. The summed E-state index contributed by atoms with van der Waals surface area (Å²) in [6, 6.07) is 1.42. The monoisotopic (exact) mass is 238 g/mol. The average Bonchev–Trinajstić information content (AvgIpc) is 2.68. The maximum atomic E-state index is 11.9. The van der Waals surface area contributed by atoms with Crippen LogP contribution in [0.1, 0.15) is 25.2 Å². The molecule has 0 radical (unpaired) electrons. The second-order valence-corrected chi connectivity index (χ2v) is 4.57. The Kier molecular flexibility index (Phi) is 3.17. The van der Waals surface area contributed by atoms with Gasteiger partial charge in [-0.25, -0.2) is 0 Å². The Morgan fingerprint density at radius 1 is 1.76 bits per heavy atom. The van der Waals surface area contributed by atoms with Crippen LogP contribution >= 0.6 is 0 Å². The van der Waals surface area contributed by atoms with Crippen LogP contribution in [0.5, 0.6) is 0 Å². The zero-order chi connectivity index (χ0) is 12.6. The number of aliphatic hydroxyl groups excluding tert-OH is 1. The van der Waals surface area contributed by atoms with E-state index < -0.39 is 6.04 Å². The molecule has 0 unspecified atom stereocenters. The Morgan fingerprint density at radius 2 is 2.47 bits per heavy atom. The minimum Gasteiger partial charge on any atom is -0.390 e. The van der Waals surface area contributed by atoms with Crippen LogP contribution in [0.4, 0.5) is 0 Å². The summed E-state index contributed by atoms with van der Waals surface area (Å²) in [6.45, 7) is 4.75. The van der Waals surface area contributed by atoms with Crippen molar-refractivity contribution < 1.29 is 9.90 Å². The highest BCUT2D eigenvalue weighted by molar-refractivity contribution is 5.81. The molecule has 1 aliphatic rings. The zero-order valence-corrected chi connectivity index (χ0v) is 10.1. The highest BCUT2D eigenvalue weighted by Gasteiger charge is 2.29. The molecular weight excluding hydrogens is 220 g/mol. The van der Waals surface area contributed by atoms with E-state index in [1.54, 1.807) is 11.8 Å². The van der Waals surface area contributed by atoms with E-state index in [1.807, 2.05) is 17.7 Å². The Bertz CT molecular complexity index is 427. The number of carbonyl (C=O) groups excluding carboxylic acids is 1. The molecule has 2 heterocycles. The summed E-state index contributed by atoms with van der Waals surface area (Å²) in [4.78, 5) is 13.7. The lowest BCUT2D eigenvalue weighted by molar-refractivity contribution is -0.136. The van der Waals surface area contributed by atoms with Gasteiger partial charge in [-0.2, -0.15) is 5.10 Å². The predicted molar refractivity (Wildman–Crippen MR) is 61.8 cm³/mol. The molecular formula is C11H18N4O2. The van der Waals surface area contributed by atoms with Gasteiger partial charge in [-0.05, 0) is 19.9 Å². The summed E-state index contributed by atoms with van der Waals surface area (Å²) in [7, 11) is 0. The summed E-state index contributed by atoms with van der Waals surface area (Å²) >= 11 is 0. The minimum atomic E-state index is -0.482. The van der Waals surface area contributed by atoms with E-state index in [1.165, 1.54) is 0 Å². The van der Waals surface area contributed by atoms with E-state index in [0.29, 0.717) is 18.8 Å². The molecule has 1 aliphatic heterocycles. The maximum absolute atomic E-state index is 11.9. The normalized spacial score (nSPS) is 21.2. The SMILES string of the molecule is C[C@H](N)C(=O)N1Cc2cc(CO)nn2C[C@@H]1C. The summed E-state index contributed by atoms with van der Waals surface area (Å²) < 4.78 is 1.85. The van der Waals surface area contributed by atoms with Crippen LogP contribution in [0, 0.1) is 0 Å². The predicted octanol–water partition coefficient (Wildman–Crippen LogP) is -0.547. The Balaban J connectivity index is 2.23. The van der Waals surface area contributed by atoms with E-state index >= 15 is 0 Å². The first-order chi connectivity index (χ1) is 8.02. The van der Waals surface area contributed by atoms with Crippen LogP contribution in [0.25, 0.3) is 0 Å². The van der Waals surface area contributed by atoms with Crippen molar-refractivity contribution in [1.29, 1.82) is 0 Å². The molecule has 94 valence electrons. The fourth-order valence-electron chi connectivity index (χ4n) is 2.11. The molecule has 2 rings (SSSR count). The lowest BCUT2D eigenvalue weighted by atomic mass is 10.1. The number of carbonyl (C=O) groups is 1. The Morgan fingerprint density at radius 3 is 3.06 bits per heavy atom. The Labute approximate surface area is 100 Å². The van der Waals surface area contributed by atoms with Crippen LogP contribution < -0.4 is 5.73 Å². The zero-order valence-electron chi connectivity index (χ0n) is 10.1. The van der Waals surface area contributed by atoms with Crippen molar-refractivity contribution in [2.45, 2.75) is 45.6 Å². The van der Waals surface area contributed by atoms with Crippen LogP contribution in [0.3, 0.4) is 0 Å². The van der Waals surface area contributed by atoms with E-state index in [0.717, 1.165) is 5.69 Å². The van der Waals surface area contributed by atoms with Gasteiger partial charge >= 0.3 is 0 Å². The first kappa shape index (κ1) is 12.1. The van der Waals surface area contributed by atoms with Gasteiger partial charge in [0.2, 0.25) is 5.91 Å². The summed E-state index contributed by atoms with van der Waals surface area (Å²) in [5.74, 6) is -0.0458. The molecule has 0 aromatic carbocycles. The number of hydrogen-bond acceptors (Lipinski definition) is 4. The number of amides is 1. The third-order valence-corrected chi connectivity index (χ3v) is 3.05. The van der Waals surface area contributed by atoms with Crippen molar-refractivity contribution in [2.75, 3.05) is 0 Å². The molecule has 17 heavy (non-hydrogen) atoms. The molecule has 0 spiro atoms. The summed E-state index contributed by atoms with van der Waals surface area (Å²) in [5, 5.41) is 13.3. The van der Waals surface area contributed by atoms with Crippen molar-refractivity contribution >= 4 is 5.91 Å². The number of hydrogen-bond donors (Lipinski definition) is 2. The quantitative estimate of drug-likeness (QED) is 0.724. The van der Waals surface area contributed by atoms with Crippen LogP contribution in [-0.2, 0) is 24.5 Å². The number of nitrogens with two attached hydrogens (primary N) is 1. The molecule has 0 bridgehead atoms. The van der Waals surface area contributed by atoms with Gasteiger partial charge in [0.25, 0.3) is 0 Å². The first-order valence-corrected chi connectivity index (χ1v) is 5.75. The standard InChI is InChI=1S/C11H18N4O2/c1-7-4-15-10(3-9(6-16)13-15)5-14(7)11(17)8(2)12/h3,7-8,16H,4-6,12H2,1-2H3/t7-,8-/m0/s1. The van der Waals surface area contributed by atoms with E-state index in [2.05, 4.69) is 5.10 Å². The van der Waals surface area contributed by atoms with Crippen LogP contribution in [0.2, 0.25) is 0 Å². The topological polar surface area (TPSA) is 84.4 Å². The van der Waals surface area contributed by atoms with Crippen molar-refractivity contribution in [3.63, 3.8) is 0 Å². The van der Waals surface area contributed by atoms with Crippen LogP contribution in [0.15, 0.2) is 6.07 Å². The molecule has 2 atom stereocenters. The first-order valence-electron chi connectivity index (χ1n) is 5.75. The van der Waals surface area contributed by atoms with E-state index in [4.69, 9.17) is 10.8 Å². The van der Waals surface area contributed by atoms with Gasteiger partial charge in [-0.15, -0.1) is 0 Å². The average molecular weight is 238 g/mol. The third kappa shape index (κ3) is 2.18. The van der Waals surface area contributed by atoms with Crippen molar-refractivity contribution in [3.05, 3.63) is 17.5 Å². The number of aliphatic hydroxyl groups is 1. The smallest absolute Gasteiger partial charge is 0.239 e. The molecule has 0 saturated heterocycles. The van der Waals surface area contributed by atoms with E-state index in [9.17, 15) is 4.79 Å². The highest BCUT2D eigenvalue weighted by Crippen LogP contribution is 2.19. The molecule has 6 nitrogen and oxygen atoms in total. The number of nitrogens with zero attached hydrogens (tertiary/aromatic N) is 3. The lowest BCUT2D eigenvalue weighted by Crippen LogP contribution is -2.50. The summed E-state index contributed by atoms with van der Waals surface area (Å²) in [6.07, 6.45) is 0. The molecule has 0 saturated carbocycles. The molecule has 1 amide bonds. The number of rotatable bonds is 2. The molecule has 0 aliphatic carbocycles. The fourth-order valence-corrected chi connectivity index (χ4v) is 2.11. The Hall–Kier alpha value is -1.40. The second kappa shape index (κ2) is 4.46. The van der Waals surface area contributed by atoms with Crippen molar-refractivity contribution in [1.82, 2.24) is 14.7 Å². The van der Waals surface area contributed by atoms with Crippen LogP contribution in [-0.4, -0.2) is 37.8 Å². The van der Waals surface area contributed by atoms with Gasteiger partial charge in [0, 0.05) is 6.04 Å². The van der Waals surface area contributed by atoms with Gasteiger partial charge in [0.05, 0.1) is 37.1 Å². The van der Waals surface area contributed by atoms with E-state index in [-0.39, 0.29) is 18.6 Å².